The number of nitrogens with one attached hydrogen (secondary N) is 1. The van der Waals surface area contributed by atoms with Gasteiger partial charge in [0.1, 0.15) is 11.6 Å². The second kappa shape index (κ2) is 7.70. The average molecular weight is 369 g/mol. The molecule has 0 aliphatic carbocycles. The Bertz CT molecular complexity index is 964. The number of halogens is 2. The van der Waals surface area contributed by atoms with Crippen LogP contribution >= 0.6 is 0 Å². The van der Waals surface area contributed by atoms with Gasteiger partial charge in [-0.05, 0) is 62.7 Å². The molecule has 3 rings (SSSR count). The van der Waals surface area contributed by atoms with E-state index in [2.05, 4.69) is 10.4 Å². The molecule has 1 aromatic heterocycles. The van der Waals surface area contributed by atoms with Gasteiger partial charge in [0.25, 0.3) is 0 Å². The largest absolute Gasteiger partial charge is 0.349 e. The van der Waals surface area contributed by atoms with E-state index in [0.717, 1.165) is 22.6 Å². The quantitative estimate of drug-likeness (QED) is 0.733. The zero-order valence-electron chi connectivity index (χ0n) is 15.5. The molecule has 3 aromatic rings. The summed E-state index contributed by atoms with van der Waals surface area (Å²) in [5.41, 5.74) is 3.83. The summed E-state index contributed by atoms with van der Waals surface area (Å²) in [6.07, 6.45) is 0.165. The first-order chi connectivity index (χ1) is 12.8. The summed E-state index contributed by atoms with van der Waals surface area (Å²) in [4.78, 5) is 12.5. The first-order valence-electron chi connectivity index (χ1n) is 8.71. The summed E-state index contributed by atoms with van der Waals surface area (Å²) in [5.74, 6) is -0.816. The maximum absolute atomic E-state index is 13.4. The van der Waals surface area contributed by atoms with E-state index in [1.807, 2.05) is 20.8 Å². The minimum Gasteiger partial charge on any atom is -0.349 e. The number of nitrogens with zero attached hydrogens (tertiary/aromatic N) is 2. The normalized spacial score (nSPS) is 12.0. The molecule has 1 atom stereocenters. The fourth-order valence-corrected chi connectivity index (χ4v) is 3.08. The van der Waals surface area contributed by atoms with E-state index >= 15 is 0 Å². The van der Waals surface area contributed by atoms with E-state index in [0.29, 0.717) is 5.56 Å². The number of carbonyl (C=O) groups is 1. The molecule has 0 saturated carbocycles. The number of aromatic nitrogens is 2. The lowest BCUT2D eigenvalue weighted by Gasteiger charge is -2.14. The molecule has 1 heterocycles. The summed E-state index contributed by atoms with van der Waals surface area (Å²) < 4.78 is 28.2. The second-order valence-electron chi connectivity index (χ2n) is 6.56. The molecule has 4 nitrogen and oxygen atoms in total. The number of hydrogen-bond donors (Lipinski definition) is 1. The van der Waals surface area contributed by atoms with Gasteiger partial charge in [-0.3, -0.25) is 4.79 Å². The van der Waals surface area contributed by atoms with Crippen molar-refractivity contribution in [1.82, 2.24) is 15.1 Å². The summed E-state index contributed by atoms with van der Waals surface area (Å²) in [6.45, 7) is 5.53. The van der Waals surface area contributed by atoms with Gasteiger partial charge in [-0.15, -0.1) is 0 Å². The number of carbonyl (C=O) groups excluding carboxylic acids is 1. The number of rotatable bonds is 5. The molecule has 0 unspecified atom stereocenters. The molecule has 1 amide bonds. The maximum Gasteiger partial charge on any atom is 0.225 e. The van der Waals surface area contributed by atoms with Crippen LogP contribution in [0.15, 0.2) is 48.5 Å². The zero-order valence-corrected chi connectivity index (χ0v) is 15.5. The Morgan fingerprint density at radius 3 is 2.48 bits per heavy atom. The van der Waals surface area contributed by atoms with E-state index in [1.165, 1.54) is 24.3 Å². The van der Waals surface area contributed by atoms with Gasteiger partial charge in [-0.1, -0.05) is 12.1 Å². The third kappa shape index (κ3) is 4.22. The van der Waals surface area contributed by atoms with E-state index in [-0.39, 0.29) is 30.0 Å². The molecular weight excluding hydrogens is 348 g/mol. The third-order valence-corrected chi connectivity index (χ3v) is 4.58. The Balaban J connectivity index is 1.75. The van der Waals surface area contributed by atoms with Crippen molar-refractivity contribution in [2.45, 2.75) is 33.2 Å². The summed E-state index contributed by atoms with van der Waals surface area (Å²) >= 11 is 0. The lowest BCUT2D eigenvalue weighted by Crippen LogP contribution is -2.28. The predicted molar refractivity (Wildman–Crippen MR) is 99.7 cm³/mol. The molecule has 1 N–H and O–H groups in total. The summed E-state index contributed by atoms with van der Waals surface area (Å²) in [7, 11) is 0. The van der Waals surface area contributed by atoms with Crippen molar-refractivity contribution in [2.24, 2.45) is 0 Å². The lowest BCUT2D eigenvalue weighted by molar-refractivity contribution is -0.121. The van der Waals surface area contributed by atoms with Gasteiger partial charge in [0.05, 0.1) is 23.8 Å². The highest BCUT2D eigenvalue weighted by Crippen LogP contribution is 2.20. The molecule has 0 radical (unpaired) electrons. The maximum atomic E-state index is 13.4. The smallest absolute Gasteiger partial charge is 0.225 e. The van der Waals surface area contributed by atoms with E-state index in [1.54, 1.807) is 28.9 Å². The zero-order chi connectivity index (χ0) is 19.6. The van der Waals surface area contributed by atoms with Crippen LogP contribution in [-0.4, -0.2) is 15.7 Å². The van der Waals surface area contributed by atoms with Crippen LogP contribution in [-0.2, 0) is 11.2 Å². The van der Waals surface area contributed by atoms with Gasteiger partial charge in [-0.25, -0.2) is 13.5 Å². The molecule has 0 aliphatic rings. The highest BCUT2D eigenvalue weighted by Gasteiger charge is 2.17. The third-order valence-electron chi connectivity index (χ3n) is 4.58. The van der Waals surface area contributed by atoms with Crippen LogP contribution in [0.4, 0.5) is 8.78 Å². The number of hydrogen-bond acceptors (Lipinski definition) is 2. The van der Waals surface area contributed by atoms with E-state index < -0.39 is 0 Å². The lowest BCUT2D eigenvalue weighted by atomic mass is 10.1. The monoisotopic (exact) mass is 369 g/mol. The van der Waals surface area contributed by atoms with Crippen LogP contribution < -0.4 is 5.32 Å². The van der Waals surface area contributed by atoms with Gasteiger partial charge in [0.15, 0.2) is 0 Å². The van der Waals surface area contributed by atoms with Crippen LogP contribution in [0.3, 0.4) is 0 Å². The first kappa shape index (κ1) is 18.8. The predicted octanol–water partition coefficient (Wildman–Crippen LogP) is 4.19. The molecule has 6 heteroatoms. The second-order valence-corrected chi connectivity index (χ2v) is 6.56. The molecule has 0 aliphatic heterocycles. The van der Waals surface area contributed by atoms with Crippen LogP contribution in [0.5, 0.6) is 0 Å². The van der Waals surface area contributed by atoms with Crippen molar-refractivity contribution in [1.29, 1.82) is 0 Å². The Morgan fingerprint density at radius 1 is 1.11 bits per heavy atom. The average Bonchev–Trinajstić information content (AvgIpc) is 2.90. The van der Waals surface area contributed by atoms with Crippen LogP contribution in [0.1, 0.15) is 35.5 Å². The van der Waals surface area contributed by atoms with Gasteiger partial charge in [-0.2, -0.15) is 5.10 Å². The minimum absolute atomic E-state index is 0.165. The fraction of sp³-hybridized carbons (Fsp3) is 0.238. The summed E-state index contributed by atoms with van der Waals surface area (Å²) in [5, 5.41) is 7.37. The molecule has 2 aromatic carbocycles. The highest BCUT2D eigenvalue weighted by atomic mass is 19.1. The van der Waals surface area contributed by atoms with Crippen LogP contribution in [0, 0.1) is 25.5 Å². The number of benzene rings is 2. The fourth-order valence-electron chi connectivity index (χ4n) is 3.08. The molecule has 0 bridgehead atoms. The standard InChI is InChI=1S/C21H21F2N3O/c1-13(16-5-4-6-18(23)11-16)24-21(27)12-20-14(2)25-26(15(20)3)19-9-7-17(22)8-10-19/h4-11,13H,12H2,1-3H3,(H,24,27)/t13-/m1/s1. The molecular formula is C21H21F2N3O. The van der Waals surface area contributed by atoms with Crippen molar-refractivity contribution in [2.75, 3.05) is 0 Å². The Hall–Kier alpha value is -3.02. The summed E-state index contributed by atoms with van der Waals surface area (Å²) in [6, 6.07) is 11.9. The number of aryl methyl sites for hydroxylation is 1. The number of amides is 1. The van der Waals surface area contributed by atoms with Gasteiger partial charge >= 0.3 is 0 Å². The first-order valence-corrected chi connectivity index (χ1v) is 8.71. The molecule has 0 fully saturated rings. The Morgan fingerprint density at radius 2 is 1.81 bits per heavy atom. The molecule has 0 spiro atoms. The molecule has 140 valence electrons. The minimum atomic E-state index is -0.333. The SMILES string of the molecule is Cc1nn(-c2ccc(F)cc2)c(C)c1CC(=O)N[C@H](C)c1cccc(F)c1. The van der Waals surface area contributed by atoms with Crippen molar-refractivity contribution in [3.63, 3.8) is 0 Å². The van der Waals surface area contributed by atoms with Gasteiger partial charge < -0.3 is 5.32 Å². The van der Waals surface area contributed by atoms with Crippen LogP contribution in [0.2, 0.25) is 0 Å². The van der Waals surface area contributed by atoms with Crippen LogP contribution in [0.25, 0.3) is 5.69 Å². The molecule has 0 saturated heterocycles. The van der Waals surface area contributed by atoms with E-state index in [9.17, 15) is 13.6 Å². The highest BCUT2D eigenvalue weighted by molar-refractivity contribution is 5.79. The topological polar surface area (TPSA) is 46.9 Å². The van der Waals surface area contributed by atoms with Gasteiger partial charge in [0.2, 0.25) is 5.91 Å². The van der Waals surface area contributed by atoms with Gasteiger partial charge in [0, 0.05) is 11.3 Å². The molecule has 27 heavy (non-hydrogen) atoms. The van der Waals surface area contributed by atoms with E-state index in [4.69, 9.17) is 0 Å². The van der Waals surface area contributed by atoms with Crippen molar-refractivity contribution >= 4 is 5.91 Å². The van der Waals surface area contributed by atoms with Crippen molar-refractivity contribution in [3.05, 3.63) is 82.7 Å². The van der Waals surface area contributed by atoms with Crippen molar-refractivity contribution < 1.29 is 13.6 Å². The Kier molecular flexibility index (Phi) is 5.35. The van der Waals surface area contributed by atoms with Crippen molar-refractivity contribution in [3.8, 4) is 5.69 Å². The Labute approximate surface area is 156 Å².